The Morgan fingerprint density at radius 2 is 1.36 bits per heavy atom. The van der Waals surface area contributed by atoms with Crippen LogP contribution in [0.1, 0.15) is 18.4 Å². The number of benzene rings is 7. The molecule has 0 spiro atoms. The van der Waals surface area contributed by atoms with Gasteiger partial charge in [-0.05, 0) is 130 Å². The first kappa shape index (κ1) is 31.0. The average Bonchev–Trinajstić information content (AvgIpc) is 3.82. The highest BCUT2D eigenvalue weighted by Crippen LogP contribution is 2.80. The minimum Gasteiger partial charge on any atom is -0.455 e. The first-order chi connectivity index (χ1) is 25.8. The molecule has 3 heterocycles. The Morgan fingerprint density at radius 3 is 2.23 bits per heavy atom. The molecule has 53 heavy (non-hydrogen) atoms. The quantitative estimate of drug-likeness (QED) is 0.182. The lowest BCUT2D eigenvalue weighted by molar-refractivity contribution is 0.673. The molecule has 2 aromatic heterocycles. The summed E-state index contributed by atoms with van der Waals surface area (Å²) in [5.41, 5.74) is 10.9. The summed E-state index contributed by atoms with van der Waals surface area (Å²) < 4.78 is 9.22. The molecule has 9 aromatic rings. The fourth-order valence-corrected chi connectivity index (χ4v) is 13.8. The Bertz CT molecular complexity index is 3060. The number of thiol groups is 1. The van der Waals surface area contributed by atoms with Crippen LogP contribution in [0.2, 0.25) is 0 Å². The second-order valence-electron chi connectivity index (χ2n) is 15.9. The van der Waals surface area contributed by atoms with Gasteiger partial charge in [-0.2, -0.15) is 0 Å². The van der Waals surface area contributed by atoms with E-state index in [0.717, 1.165) is 40.8 Å². The normalized spacial score (nSPS) is 16.5. The molecule has 0 unspecified atom stereocenters. The third-order valence-electron chi connectivity index (χ3n) is 11.8. The lowest BCUT2D eigenvalue weighted by atomic mass is 9.97. The zero-order chi connectivity index (χ0) is 35.5. The monoisotopic (exact) mass is 721 g/mol. The minimum absolute atomic E-state index is 0.937. The SMILES string of the molecule is C[SH]1(C)(C)c2ccccc2-c2ccc(N(c3ccc(C4=CC=CCC4)cc3)c3ccc4sc5ccc6oc7c8ccccc8ccc7c6c5c4c3)cc21. The van der Waals surface area contributed by atoms with Crippen LogP contribution in [0.15, 0.2) is 166 Å². The first-order valence-corrected chi connectivity index (χ1v) is 22.9. The summed E-state index contributed by atoms with van der Waals surface area (Å²) in [6, 6.07) is 49.9. The molecule has 7 aromatic carbocycles. The summed E-state index contributed by atoms with van der Waals surface area (Å²) in [5.74, 6) is 0. The topological polar surface area (TPSA) is 16.4 Å². The first-order valence-electron chi connectivity index (χ1n) is 18.5. The van der Waals surface area contributed by atoms with Crippen molar-refractivity contribution < 1.29 is 4.42 Å². The molecule has 0 radical (unpaired) electrons. The summed E-state index contributed by atoms with van der Waals surface area (Å²) in [7, 11) is -2.38. The summed E-state index contributed by atoms with van der Waals surface area (Å²) in [6.45, 7) is 0. The van der Waals surface area contributed by atoms with Crippen molar-refractivity contribution in [2.75, 3.05) is 23.7 Å². The summed E-state index contributed by atoms with van der Waals surface area (Å²) in [5, 5.41) is 7.27. The molecule has 0 fully saturated rings. The predicted octanol–water partition coefficient (Wildman–Crippen LogP) is 14.7. The molecular formula is C49H39NOS2. The lowest BCUT2D eigenvalue weighted by Gasteiger charge is -2.50. The van der Waals surface area contributed by atoms with Crippen LogP contribution in [0, 0.1) is 0 Å². The molecule has 0 atom stereocenters. The molecule has 0 amide bonds. The van der Waals surface area contributed by atoms with Crippen molar-refractivity contribution in [3.63, 3.8) is 0 Å². The molecule has 1 aliphatic carbocycles. The Labute approximate surface area is 313 Å². The molecule has 0 saturated carbocycles. The maximum atomic E-state index is 6.66. The van der Waals surface area contributed by atoms with Crippen LogP contribution in [-0.4, -0.2) is 18.8 Å². The van der Waals surface area contributed by atoms with E-state index in [9.17, 15) is 0 Å². The van der Waals surface area contributed by atoms with Gasteiger partial charge in [-0.15, -0.1) is 11.3 Å². The van der Waals surface area contributed by atoms with Gasteiger partial charge in [0.1, 0.15) is 11.2 Å². The van der Waals surface area contributed by atoms with E-state index >= 15 is 0 Å². The van der Waals surface area contributed by atoms with Crippen LogP contribution < -0.4 is 4.90 Å². The molecule has 258 valence electrons. The summed E-state index contributed by atoms with van der Waals surface area (Å²) >= 11 is 1.86. The standard InChI is InChI=1S/C49H39NOS2/c1-53(2,3)45-16-10-9-15-38(45)39-25-22-36(30-46(39)53)50(34-20-17-32(18-21-34)31-11-5-4-6-12-31)35-23-27-43-41(29-35)48-44(52-43)28-26-42-47(48)40-24-19-33-13-7-8-14-37(33)49(40)51-42/h4-5,7-11,13-30,53H,6,12H2,1-3H3. The fraction of sp³-hybridized carbons (Fsp3) is 0.102. The molecule has 1 aliphatic heterocycles. The van der Waals surface area contributed by atoms with Crippen molar-refractivity contribution in [2.45, 2.75) is 22.6 Å². The van der Waals surface area contributed by atoms with Gasteiger partial charge in [0.05, 0.1) is 0 Å². The smallest absolute Gasteiger partial charge is 0.143 e. The molecule has 2 aliphatic rings. The second kappa shape index (κ2) is 11.0. The van der Waals surface area contributed by atoms with Gasteiger partial charge < -0.3 is 9.32 Å². The van der Waals surface area contributed by atoms with E-state index < -0.39 is 9.16 Å². The highest BCUT2D eigenvalue weighted by atomic mass is 32.3. The van der Waals surface area contributed by atoms with Crippen LogP contribution >= 0.6 is 20.5 Å². The Hall–Kier alpha value is -5.55. The lowest BCUT2D eigenvalue weighted by Crippen LogP contribution is -2.13. The van der Waals surface area contributed by atoms with Crippen molar-refractivity contribution in [2.24, 2.45) is 0 Å². The third kappa shape index (κ3) is 4.52. The number of hydrogen-bond donors (Lipinski definition) is 1. The van der Waals surface area contributed by atoms with Gasteiger partial charge in [-0.1, -0.05) is 91.0 Å². The van der Waals surface area contributed by atoms with E-state index in [2.05, 4.69) is 175 Å². The van der Waals surface area contributed by atoms with E-state index in [1.165, 1.54) is 74.1 Å². The molecule has 0 saturated heterocycles. The van der Waals surface area contributed by atoms with E-state index in [1.807, 2.05) is 11.3 Å². The summed E-state index contributed by atoms with van der Waals surface area (Å²) in [4.78, 5) is 5.46. The summed E-state index contributed by atoms with van der Waals surface area (Å²) in [6.07, 6.45) is 16.4. The molecule has 11 rings (SSSR count). The largest absolute Gasteiger partial charge is 0.455 e. The highest BCUT2D eigenvalue weighted by Gasteiger charge is 2.40. The average molecular weight is 722 g/mol. The Balaban J connectivity index is 1.14. The fourth-order valence-electron chi connectivity index (χ4n) is 9.15. The number of furan rings is 1. The number of thiophene rings is 1. The van der Waals surface area contributed by atoms with Gasteiger partial charge in [0, 0.05) is 53.4 Å². The van der Waals surface area contributed by atoms with E-state index in [4.69, 9.17) is 4.42 Å². The number of anilines is 3. The van der Waals surface area contributed by atoms with Crippen molar-refractivity contribution in [1.82, 2.24) is 0 Å². The van der Waals surface area contributed by atoms with Crippen LogP contribution in [-0.2, 0) is 0 Å². The number of hydrogen-bond acceptors (Lipinski definition) is 3. The third-order valence-corrected chi connectivity index (χ3v) is 17.1. The van der Waals surface area contributed by atoms with Crippen molar-refractivity contribution in [3.05, 3.63) is 157 Å². The van der Waals surface area contributed by atoms with Crippen molar-refractivity contribution in [1.29, 1.82) is 0 Å². The Morgan fingerprint density at radius 1 is 0.604 bits per heavy atom. The zero-order valence-electron chi connectivity index (χ0n) is 30.1. The van der Waals surface area contributed by atoms with Crippen LogP contribution in [0.25, 0.3) is 69.6 Å². The minimum atomic E-state index is -2.38. The van der Waals surface area contributed by atoms with Crippen LogP contribution in [0.4, 0.5) is 17.1 Å². The number of allylic oxidation sites excluding steroid dienone is 4. The Kier molecular flexibility index (Phi) is 6.43. The molecule has 4 heteroatoms. The molecule has 0 N–H and O–H groups in total. The second-order valence-corrected chi connectivity index (χ2v) is 23.6. The number of nitrogens with zero attached hydrogens (tertiary/aromatic N) is 1. The van der Waals surface area contributed by atoms with Gasteiger partial charge >= 0.3 is 0 Å². The highest BCUT2D eigenvalue weighted by molar-refractivity contribution is 8.48. The van der Waals surface area contributed by atoms with Gasteiger partial charge in [0.2, 0.25) is 0 Å². The number of rotatable bonds is 4. The van der Waals surface area contributed by atoms with Crippen molar-refractivity contribution >= 4 is 96.0 Å². The van der Waals surface area contributed by atoms with Gasteiger partial charge in [-0.3, -0.25) is 0 Å². The van der Waals surface area contributed by atoms with E-state index in [0.29, 0.717) is 0 Å². The predicted molar refractivity (Wildman–Crippen MR) is 234 cm³/mol. The van der Waals surface area contributed by atoms with Crippen LogP contribution in [0.3, 0.4) is 0 Å². The van der Waals surface area contributed by atoms with Gasteiger partial charge in [-0.25, -0.2) is 9.16 Å². The van der Waals surface area contributed by atoms with Gasteiger partial charge in [0.15, 0.2) is 0 Å². The van der Waals surface area contributed by atoms with Gasteiger partial charge in [0.25, 0.3) is 0 Å². The van der Waals surface area contributed by atoms with E-state index in [-0.39, 0.29) is 0 Å². The molecule has 0 bridgehead atoms. The van der Waals surface area contributed by atoms with Crippen LogP contribution in [0.5, 0.6) is 0 Å². The van der Waals surface area contributed by atoms with Crippen molar-refractivity contribution in [3.8, 4) is 11.1 Å². The zero-order valence-corrected chi connectivity index (χ0v) is 31.8. The maximum Gasteiger partial charge on any atom is 0.143 e. The van der Waals surface area contributed by atoms with E-state index in [1.54, 1.807) is 0 Å². The molecule has 2 nitrogen and oxygen atoms in total. The number of fused-ring (bicyclic) bond motifs is 12. The maximum absolute atomic E-state index is 6.66. The molecular weight excluding hydrogens is 683 g/mol.